The summed E-state index contributed by atoms with van der Waals surface area (Å²) < 4.78 is 4.69. The molecule has 0 spiro atoms. The minimum Gasteiger partial charge on any atom is -0.364 e. The van der Waals surface area contributed by atoms with E-state index in [1.165, 1.54) is 6.26 Å². The zero-order chi connectivity index (χ0) is 12.4. The Kier molecular flexibility index (Phi) is 2.57. The van der Waals surface area contributed by atoms with Crippen LogP contribution < -0.4 is 5.32 Å². The van der Waals surface area contributed by atoms with Crippen molar-refractivity contribution < 1.29 is 9.32 Å². The highest BCUT2D eigenvalue weighted by Gasteiger charge is 2.07. The molecule has 0 unspecified atom stereocenters. The van der Waals surface area contributed by atoms with E-state index in [4.69, 9.17) is 4.52 Å². The molecule has 0 atom stereocenters. The van der Waals surface area contributed by atoms with Crippen LogP contribution in [-0.4, -0.2) is 16.0 Å². The molecule has 1 amide bonds. The Labute approximate surface area is 103 Å². The molecule has 5 nitrogen and oxygen atoms in total. The molecule has 0 aliphatic carbocycles. The van der Waals surface area contributed by atoms with E-state index >= 15 is 0 Å². The molecule has 0 aliphatic rings. The number of hydrogen-bond acceptors (Lipinski definition) is 3. The summed E-state index contributed by atoms with van der Waals surface area (Å²) >= 11 is 0. The van der Waals surface area contributed by atoms with Crippen LogP contribution in [0.25, 0.3) is 10.9 Å². The van der Waals surface area contributed by atoms with Gasteiger partial charge in [0.1, 0.15) is 12.0 Å². The number of fused-ring (bicyclic) bond motifs is 1. The van der Waals surface area contributed by atoms with Crippen LogP contribution in [0.15, 0.2) is 47.3 Å². The monoisotopic (exact) mass is 241 g/mol. The van der Waals surface area contributed by atoms with Gasteiger partial charge in [-0.15, -0.1) is 0 Å². The minimum atomic E-state index is -0.124. The molecular weight excluding hydrogens is 230 g/mol. The van der Waals surface area contributed by atoms with E-state index in [0.29, 0.717) is 17.8 Å². The smallest absolute Gasteiger partial charge is 0.251 e. The summed E-state index contributed by atoms with van der Waals surface area (Å²) in [5.41, 5.74) is 2.35. The number of amides is 1. The second kappa shape index (κ2) is 4.37. The lowest BCUT2D eigenvalue weighted by molar-refractivity contribution is 0.0950. The fourth-order valence-electron chi connectivity index (χ4n) is 1.80. The van der Waals surface area contributed by atoms with Gasteiger partial charge in [0.2, 0.25) is 0 Å². The van der Waals surface area contributed by atoms with Crippen LogP contribution in [0.1, 0.15) is 16.1 Å². The number of H-pyrrole nitrogens is 1. The lowest BCUT2D eigenvalue weighted by atomic mass is 10.1. The Balaban J connectivity index is 1.75. The topological polar surface area (TPSA) is 70.9 Å². The average molecular weight is 241 g/mol. The summed E-state index contributed by atoms with van der Waals surface area (Å²) in [4.78, 5) is 15.0. The summed E-state index contributed by atoms with van der Waals surface area (Å²) in [7, 11) is 0. The number of benzene rings is 1. The first-order valence-electron chi connectivity index (χ1n) is 5.57. The van der Waals surface area contributed by atoms with Crippen LogP contribution in [-0.2, 0) is 6.54 Å². The predicted molar refractivity (Wildman–Crippen MR) is 66.0 cm³/mol. The second-order valence-corrected chi connectivity index (χ2v) is 3.95. The van der Waals surface area contributed by atoms with Gasteiger partial charge in [0.15, 0.2) is 0 Å². The van der Waals surface area contributed by atoms with Gasteiger partial charge in [0.25, 0.3) is 5.91 Å². The van der Waals surface area contributed by atoms with Crippen LogP contribution in [0, 0.1) is 0 Å². The SMILES string of the molecule is O=C(NCc1ccon1)c1ccc2[nH]ccc2c1. The molecule has 3 rings (SSSR count). The first kappa shape index (κ1) is 10.6. The first-order valence-corrected chi connectivity index (χ1v) is 5.57. The number of hydrogen-bond donors (Lipinski definition) is 2. The lowest BCUT2D eigenvalue weighted by Gasteiger charge is -2.03. The Morgan fingerprint density at radius 2 is 2.28 bits per heavy atom. The Morgan fingerprint density at radius 3 is 3.11 bits per heavy atom. The number of nitrogens with zero attached hydrogens (tertiary/aromatic N) is 1. The molecule has 5 heteroatoms. The molecule has 90 valence electrons. The van der Waals surface area contributed by atoms with E-state index in [0.717, 1.165) is 10.9 Å². The van der Waals surface area contributed by atoms with E-state index in [1.54, 1.807) is 12.1 Å². The third kappa shape index (κ3) is 1.98. The number of carbonyl (C=O) groups excluding carboxylic acids is 1. The number of nitrogens with one attached hydrogen (secondary N) is 2. The third-order valence-electron chi connectivity index (χ3n) is 2.74. The molecule has 0 bridgehead atoms. The number of aromatic amines is 1. The average Bonchev–Trinajstić information content (AvgIpc) is 3.05. The molecular formula is C13H11N3O2. The van der Waals surface area contributed by atoms with Crippen LogP contribution in [0.4, 0.5) is 0 Å². The third-order valence-corrected chi connectivity index (χ3v) is 2.74. The second-order valence-electron chi connectivity index (χ2n) is 3.95. The van der Waals surface area contributed by atoms with Crippen LogP contribution in [0.2, 0.25) is 0 Å². The van der Waals surface area contributed by atoms with Crippen LogP contribution in [0.5, 0.6) is 0 Å². The van der Waals surface area contributed by atoms with Gasteiger partial charge < -0.3 is 14.8 Å². The van der Waals surface area contributed by atoms with Crippen LogP contribution >= 0.6 is 0 Å². The largest absolute Gasteiger partial charge is 0.364 e. The maximum Gasteiger partial charge on any atom is 0.251 e. The fourth-order valence-corrected chi connectivity index (χ4v) is 1.80. The van der Waals surface area contributed by atoms with Crippen molar-refractivity contribution in [3.8, 4) is 0 Å². The van der Waals surface area contributed by atoms with Crippen molar-refractivity contribution >= 4 is 16.8 Å². The zero-order valence-corrected chi connectivity index (χ0v) is 9.51. The van der Waals surface area contributed by atoms with Crippen molar-refractivity contribution in [3.63, 3.8) is 0 Å². The van der Waals surface area contributed by atoms with Gasteiger partial charge >= 0.3 is 0 Å². The molecule has 2 N–H and O–H groups in total. The van der Waals surface area contributed by atoms with Crippen molar-refractivity contribution in [3.05, 3.63) is 54.0 Å². The molecule has 0 fully saturated rings. The summed E-state index contributed by atoms with van der Waals surface area (Å²) in [6, 6.07) is 9.18. The Bertz CT molecular complexity index is 670. The van der Waals surface area contributed by atoms with Crippen molar-refractivity contribution in [2.24, 2.45) is 0 Å². The van der Waals surface area contributed by atoms with E-state index < -0.39 is 0 Å². The molecule has 2 heterocycles. The van der Waals surface area contributed by atoms with Gasteiger partial charge in [0.05, 0.1) is 6.54 Å². The highest BCUT2D eigenvalue weighted by atomic mass is 16.5. The molecule has 0 saturated carbocycles. The van der Waals surface area contributed by atoms with E-state index in [2.05, 4.69) is 15.5 Å². The normalized spacial score (nSPS) is 10.7. The zero-order valence-electron chi connectivity index (χ0n) is 9.51. The summed E-state index contributed by atoms with van der Waals surface area (Å²) in [5.74, 6) is -0.124. The van der Waals surface area contributed by atoms with Gasteiger partial charge in [-0.1, -0.05) is 5.16 Å². The molecule has 3 aromatic rings. The van der Waals surface area contributed by atoms with Crippen molar-refractivity contribution in [1.82, 2.24) is 15.5 Å². The van der Waals surface area contributed by atoms with Crippen LogP contribution in [0.3, 0.4) is 0 Å². The van der Waals surface area contributed by atoms with Gasteiger partial charge in [-0.2, -0.15) is 0 Å². The summed E-state index contributed by atoms with van der Waals surface area (Å²) in [6.07, 6.45) is 3.33. The molecule has 1 aromatic carbocycles. The van der Waals surface area contributed by atoms with Gasteiger partial charge in [0, 0.05) is 28.7 Å². The fraction of sp³-hybridized carbons (Fsp3) is 0.0769. The minimum absolute atomic E-state index is 0.124. The quantitative estimate of drug-likeness (QED) is 0.737. The first-order chi connectivity index (χ1) is 8.83. The number of aromatic nitrogens is 2. The Hall–Kier alpha value is -2.56. The van der Waals surface area contributed by atoms with Crippen molar-refractivity contribution in [1.29, 1.82) is 0 Å². The standard InChI is InChI=1S/C13H11N3O2/c17-13(15-8-11-4-6-18-16-11)10-1-2-12-9(7-10)3-5-14-12/h1-7,14H,8H2,(H,15,17). The summed E-state index contributed by atoms with van der Waals surface area (Å²) in [6.45, 7) is 0.362. The van der Waals surface area contributed by atoms with Crippen molar-refractivity contribution in [2.45, 2.75) is 6.54 Å². The highest BCUT2D eigenvalue weighted by Crippen LogP contribution is 2.14. The predicted octanol–water partition coefficient (Wildman–Crippen LogP) is 2.09. The maximum atomic E-state index is 11.9. The Morgan fingerprint density at radius 1 is 1.33 bits per heavy atom. The molecule has 18 heavy (non-hydrogen) atoms. The molecule has 0 saturated heterocycles. The lowest BCUT2D eigenvalue weighted by Crippen LogP contribution is -2.22. The van der Waals surface area contributed by atoms with E-state index in [9.17, 15) is 4.79 Å². The molecule has 2 aromatic heterocycles. The number of rotatable bonds is 3. The molecule has 0 aliphatic heterocycles. The number of carbonyl (C=O) groups is 1. The highest BCUT2D eigenvalue weighted by molar-refractivity contribution is 5.97. The van der Waals surface area contributed by atoms with E-state index in [1.807, 2.05) is 24.4 Å². The summed E-state index contributed by atoms with van der Waals surface area (Å²) in [5, 5.41) is 7.53. The van der Waals surface area contributed by atoms with Crippen molar-refractivity contribution in [2.75, 3.05) is 0 Å². The van der Waals surface area contributed by atoms with E-state index in [-0.39, 0.29) is 5.91 Å². The maximum absolute atomic E-state index is 11.9. The van der Waals surface area contributed by atoms with Gasteiger partial charge in [-0.25, -0.2) is 0 Å². The van der Waals surface area contributed by atoms with Gasteiger partial charge in [-0.05, 0) is 24.3 Å². The molecule has 0 radical (unpaired) electrons. The van der Waals surface area contributed by atoms with Gasteiger partial charge in [-0.3, -0.25) is 4.79 Å².